The van der Waals surface area contributed by atoms with Crippen molar-refractivity contribution < 1.29 is 19.0 Å². The second-order valence-electron chi connectivity index (χ2n) is 7.54. The van der Waals surface area contributed by atoms with Crippen LogP contribution in [0.3, 0.4) is 0 Å². The molecule has 160 valence electrons. The zero-order valence-electron chi connectivity index (χ0n) is 17.5. The molecular weight excluding hydrogens is 390 g/mol. The molecule has 5 heteroatoms. The normalized spacial score (nSPS) is 15.4. The topological polar surface area (TPSA) is 56.8 Å². The summed E-state index contributed by atoms with van der Waals surface area (Å²) in [6.45, 7) is 1.93. The van der Waals surface area contributed by atoms with E-state index in [1.54, 1.807) is 12.1 Å². The van der Waals surface area contributed by atoms with Crippen molar-refractivity contribution in [2.45, 2.75) is 25.4 Å². The number of nitrogens with one attached hydrogen (secondary N) is 1. The minimum atomic E-state index is -0.174. The highest BCUT2D eigenvalue weighted by Crippen LogP contribution is 2.20. The van der Waals surface area contributed by atoms with Crippen LogP contribution in [0.5, 0.6) is 11.5 Å². The number of amides is 1. The van der Waals surface area contributed by atoms with Crippen molar-refractivity contribution in [2.75, 3.05) is 25.1 Å². The van der Waals surface area contributed by atoms with Gasteiger partial charge in [-0.3, -0.25) is 4.79 Å². The van der Waals surface area contributed by atoms with E-state index in [1.807, 2.05) is 54.6 Å². The lowest BCUT2D eigenvalue weighted by molar-refractivity contribution is 0.0679. The monoisotopic (exact) mass is 417 g/mol. The third kappa shape index (κ3) is 6.33. The van der Waals surface area contributed by atoms with Crippen molar-refractivity contribution in [1.29, 1.82) is 0 Å². The van der Waals surface area contributed by atoms with Crippen LogP contribution in [0.15, 0.2) is 78.9 Å². The Balaban J connectivity index is 1.27. The first-order chi connectivity index (χ1) is 15.3. The van der Waals surface area contributed by atoms with E-state index in [4.69, 9.17) is 14.2 Å². The Hall–Kier alpha value is -3.31. The van der Waals surface area contributed by atoms with Gasteiger partial charge in [-0.2, -0.15) is 0 Å². The molecule has 1 saturated heterocycles. The van der Waals surface area contributed by atoms with Gasteiger partial charge in [-0.1, -0.05) is 36.4 Å². The van der Waals surface area contributed by atoms with E-state index in [9.17, 15) is 4.79 Å². The van der Waals surface area contributed by atoms with Crippen molar-refractivity contribution in [1.82, 2.24) is 0 Å². The minimum absolute atomic E-state index is 0.171. The molecule has 1 N–H and O–H groups in total. The maximum absolute atomic E-state index is 12.6. The minimum Gasteiger partial charge on any atom is -0.493 e. The van der Waals surface area contributed by atoms with Gasteiger partial charge in [-0.15, -0.1) is 0 Å². The zero-order valence-corrected chi connectivity index (χ0v) is 17.5. The maximum Gasteiger partial charge on any atom is 0.255 e. The van der Waals surface area contributed by atoms with Gasteiger partial charge in [0.1, 0.15) is 18.1 Å². The summed E-state index contributed by atoms with van der Waals surface area (Å²) in [4.78, 5) is 12.6. The molecule has 31 heavy (non-hydrogen) atoms. The molecule has 1 unspecified atom stereocenters. The lowest BCUT2D eigenvalue weighted by atomic mass is 10.2. The first-order valence-corrected chi connectivity index (χ1v) is 10.7. The van der Waals surface area contributed by atoms with Gasteiger partial charge in [0, 0.05) is 30.3 Å². The van der Waals surface area contributed by atoms with Crippen LogP contribution in [-0.4, -0.2) is 31.8 Å². The Morgan fingerprint density at radius 3 is 2.55 bits per heavy atom. The molecule has 0 aliphatic carbocycles. The molecule has 1 atom stereocenters. The largest absolute Gasteiger partial charge is 0.493 e. The number of benzene rings is 3. The lowest BCUT2D eigenvalue weighted by Gasteiger charge is -2.12. The second kappa shape index (κ2) is 10.6. The molecule has 1 aliphatic heterocycles. The van der Waals surface area contributed by atoms with Crippen molar-refractivity contribution in [3.8, 4) is 11.5 Å². The summed E-state index contributed by atoms with van der Waals surface area (Å²) in [5.74, 6) is 1.29. The smallest absolute Gasteiger partial charge is 0.255 e. The second-order valence-corrected chi connectivity index (χ2v) is 7.54. The summed E-state index contributed by atoms with van der Waals surface area (Å²) in [5, 5.41) is 2.92. The average molecular weight is 418 g/mol. The Kier molecular flexibility index (Phi) is 7.19. The fourth-order valence-corrected chi connectivity index (χ4v) is 3.47. The van der Waals surface area contributed by atoms with E-state index in [0.717, 1.165) is 37.4 Å². The Labute approximate surface area is 183 Å². The standard InChI is InChI=1S/C26H27NO4/c28-26(21-11-13-23(14-12-21)31-19-25-10-5-16-29-25)27-22-8-4-9-24(18-22)30-17-15-20-6-2-1-3-7-20/h1-4,6-9,11-14,18,25H,5,10,15-17,19H2,(H,27,28). The molecule has 1 aliphatic rings. The molecule has 1 heterocycles. The molecule has 0 spiro atoms. The van der Waals surface area contributed by atoms with Crippen LogP contribution >= 0.6 is 0 Å². The molecule has 0 bridgehead atoms. The first kappa shape index (κ1) is 20.9. The van der Waals surface area contributed by atoms with Crippen LogP contribution in [0.1, 0.15) is 28.8 Å². The summed E-state index contributed by atoms with van der Waals surface area (Å²) in [6.07, 6.45) is 3.13. The van der Waals surface area contributed by atoms with E-state index >= 15 is 0 Å². The Morgan fingerprint density at radius 2 is 1.77 bits per heavy atom. The Morgan fingerprint density at radius 1 is 0.935 bits per heavy atom. The van der Waals surface area contributed by atoms with Crippen LogP contribution < -0.4 is 14.8 Å². The van der Waals surface area contributed by atoms with Crippen LogP contribution in [0.25, 0.3) is 0 Å². The molecule has 0 saturated carbocycles. The molecule has 0 aromatic heterocycles. The van der Waals surface area contributed by atoms with E-state index < -0.39 is 0 Å². The summed E-state index contributed by atoms with van der Waals surface area (Å²) in [7, 11) is 0. The van der Waals surface area contributed by atoms with Gasteiger partial charge in [0.15, 0.2) is 0 Å². The SMILES string of the molecule is O=C(Nc1cccc(OCCc2ccccc2)c1)c1ccc(OCC2CCCO2)cc1. The van der Waals surface area contributed by atoms with Crippen molar-refractivity contribution in [3.05, 3.63) is 90.0 Å². The summed E-state index contributed by atoms with van der Waals surface area (Å²) in [5.41, 5.74) is 2.50. The number of rotatable bonds is 9. The first-order valence-electron chi connectivity index (χ1n) is 10.7. The fourth-order valence-electron chi connectivity index (χ4n) is 3.47. The van der Waals surface area contributed by atoms with Gasteiger partial charge in [0.05, 0.1) is 12.7 Å². The van der Waals surface area contributed by atoms with Gasteiger partial charge in [-0.25, -0.2) is 0 Å². The van der Waals surface area contributed by atoms with Crippen molar-refractivity contribution in [3.63, 3.8) is 0 Å². The number of anilines is 1. The molecule has 3 aromatic rings. The van der Waals surface area contributed by atoms with E-state index in [1.165, 1.54) is 5.56 Å². The van der Waals surface area contributed by atoms with Crippen molar-refractivity contribution in [2.24, 2.45) is 0 Å². The number of carbonyl (C=O) groups is 1. The highest BCUT2D eigenvalue weighted by Gasteiger charge is 2.16. The van der Waals surface area contributed by atoms with E-state index in [2.05, 4.69) is 17.4 Å². The van der Waals surface area contributed by atoms with E-state index in [-0.39, 0.29) is 12.0 Å². The van der Waals surface area contributed by atoms with Gasteiger partial charge in [0.2, 0.25) is 0 Å². The van der Waals surface area contributed by atoms with E-state index in [0.29, 0.717) is 24.5 Å². The molecule has 3 aromatic carbocycles. The van der Waals surface area contributed by atoms with Crippen LogP contribution in [0.2, 0.25) is 0 Å². The average Bonchev–Trinajstić information content (AvgIpc) is 3.33. The number of hydrogen-bond donors (Lipinski definition) is 1. The number of hydrogen-bond acceptors (Lipinski definition) is 4. The highest BCUT2D eigenvalue weighted by molar-refractivity contribution is 6.04. The van der Waals surface area contributed by atoms with Gasteiger partial charge >= 0.3 is 0 Å². The Bertz CT molecular complexity index is 966. The summed E-state index contributed by atoms with van der Waals surface area (Å²) < 4.78 is 17.2. The lowest BCUT2D eigenvalue weighted by Crippen LogP contribution is -2.16. The predicted octanol–water partition coefficient (Wildman–Crippen LogP) is 5.12. The van der Waals surface area contributed by atoms with Gasteiger partial charge in [-0.05, 0) is 54.8 Å². The van der Waals surface area contributed by atoms with Gasteiger partial charge in [0.25, 0.3) is 5.91 Å². The molecule has 4 rings (SSSR count). The molecular formula is C26H27NO4. The summed E-state index contributed by atoms with van der Waals surface area (Å²) >= 11 is 0. The molecule has 1 fully saturated rings. The van der Waals surface area contributed by atoms with Gasteiger partial charge < -0.3 is 19.5 Å². The third-order valence-corrected chi connectivity index (χ3v) is 5.17. The number of ether oxygens (including phenoxy) is 3. The van der Waals surface area contributed by atoms with Crippen LogP contribution in [-0.2, 0) is 11.2 Å². The fraction of sp³-hybridized carbons (Fsp3) is 0.269. The van der Waals surface area contributed by atoms with Crippen molar-refractivity contribution >= 4 is 11.6 Å². The highest BCUT2D eigenvalue weighted by atomic mass is 16.5. The quantitative estimate of drug-likeness (QED) is 0.525. The zero-order chi connectivity index (χ0) is 21.3. The molecule has 1 amide bonds. The molecule has 0 radical (unpaired) electrons. The maximum atomic E-state index is 12.6. The third-order valence-electron chi connectivity index (χ3n) is 5.17. The number of carbonyl (C=O) groups excluding carboxylic acids is 1. The van der Waals surface area contributed by atoms with Crippen LogP contribution in [0, 0.1) is 0 Å². The van der Waals surface area contributed by atoms with Crippen LogP contribution in [0.4, 0.5) is 5.69 Å². The summed E-state index contributed by atoms with van der Waals surface area (Å²) in [6, 6.07) is 24.8. The predicted molar refractivity (Wildman–Crippen MR) is 121 cm³/mol. The molecule has 5 nitrogen and oxygen atoms in total.